The lowest BCUT2D eigenvalue weighted by Gasteiger charge is -2.24. The number of hydrogen-bond acceptors (Lipinski definition) is 4. The molecule has 0 saturated heterocycles. The van der Waals surface area contributed by atoms with Crippen molar-refractivity contribution >= 4 is 30.5 Å². The summed E-state index contributed by atoms with van der Waals surface area (Å²) in [6, 6.07) is 15.5. The Bertz CT molecular complexity index is 833. The molecular weight excluding hydrogens is 403 g/mol. The smallest absolute Gasteiger partial charge is 0.426 e. The second kappa shape index (κ2) is 11.7. The molecule has 0 aliphatic carbocycles. The largest absolute Gasteiger partial charge is 0.475 e. The van der Waals surface area contributed by atoms with Crippen LogP contribution in [0.1, 0.15) is 31.4 Å². The van der Waals surface area contributed by atoms with Crippen LogP contribution in [-0.4, -0.2) is 41.0 Å². The van der Waals surface area contributed by atoms with E-state index in [1.54, 1.807) is 24.3 Å². The number of rotatable bonds is 10. The second-order valence-corrected chi connectivity index (χ2v) is 8.14. The summed E-state index contributed by atoms with van der Waals surface area (Å²) in [6.45, 7) is 3.85. The molecule has 0 aliphatic rings. The summed E-state index contributed by atoms with van der Waals surface area (Å²) >= 11 is 6.13. The Kier molecular flexibility index (Phi) is 9.37. The van der Waals surface area contributed by atoms with Crippen molar-refractivity contribution in [3.8, 4) is 0 Å². The topological polar surface area (TPSA) is 98.7 Å². The van der Waals surface area contributed by atoms with Gasteiger partial charge in [-0.05, 0) is 29.5 Å². The van der Waals surface area contributed by atoms with Crippen LogP contribution in [0.5, 0.6) is 0 Å². The molecular formula is C22H28BClN2O4. The van der Waals surface area contributed by atoms with Crippen LogP contribution in [0, 0.1) is 5.92 Å². The lowest BCUT2D eigenvalue weighted by atomic mass is 9.75. The van der Waals surface area contributed by atoms with Gasteiger partial charge in [0.05, 0.1) is 12.4 Å². The van der Waals surface area contributed by atoms with Gasteiger partial charge in [0.1, 0.15) is 6.04 Å². The average Bonchev–Trinajstić information content (AvgIpc) is 2.69. The summed E-state index contributed by atoms with van der Waals surface area (Å²) in [5.41, 5.74) is 1.54. The number of nitrogens with one attached hydrogen (secondary N) is 2. The minimum atomic E-state index is -1.69. The van der Waals surface area contributed by atoms with E-state index in [2.05, 4.69) is 10.6 Å². The molecule has 2 aromatic rings. The van der Waals surface area contributed by atoms with Crippen molar-refractivity contribution in [3.63, 3.8) is 0 Å². The van der Waals surface area contributed by atoms with Gasteiger partial charge in [-0.2, -0.15) is 0 Å². The van der Waals surface area contributed by atoms with Gasteiger partial charge in [0.15, 0.2) is 0 Å². The molecule has 8 heteroatoms. The first-order chi connectivity index (χ1) is 14.3. The number of carbonyl (C=O) groups is 2. The zero-order valence-corrected chi connectivity index (χ0v) is 18.0. The molecule has 0 heterocycles. The number of benzene rings is 2. The number of hydrogen-bond donors (Lipinski definition) is 4. The van der Waals surface area contributed by atoms with Gasteiger partial charge in [-0.25, -0.2) is 0 Å². The van der Waals surface area contributed by atoms with Crippen molar-refractivity contribution < 1.29 is 19.6 Å². The Labute approximate surface area is 182 Å². The van der Waals surface area contributed by atoms with Crippen molar-refractivity contribution in [1.29, 1.82) is 0 Å². The maximum Gasteiger partial charge on any atom is 0.475 e. The quantitative estimate of drug-likeness (QED) is 0.434. The maximum absolute atomic E-state index is 12.9. The third-order valence-corrected chi connectivity index (χ3v) is 5.02. The van der Waals surface area contributed by atoms with E-state index < -0.39 is 25.0 Å². The molecule has 2 amide bonds. The van der Waals surface area contributed by atoms with Gasteiger partial charge < -0.3 is 20.7 Å². The molecule has 0 radical (unpaired) electrons. The van der Waals surface area contributed by atoms with Crippen molar-refractivity contribution in [3.05, 3.63) is 70.7 Å². The molecule has 0 unspecified atom stereocenters. The summed E-state index contributed by atoms with van der Waals surface area (Å²) in [7, 11) is -1.69. The van der Waals surface area contributed by atoms with Crippen LogP contribution in [0.15, 0.2) is 54.6 Å². The summed E-state index contributed by atoms with van der Waals surface area (Å²) < 4.78 is 0. The van der Waals surface area contributed by atoms with Crippen molar-refractivity contribution in [2.45, 2.75) is 45.1 Å². The third-order valence-electron chi connectivity index (χ3n) is 4.66. The highest BCUT2D eigenvalue weighted by molar-refractivity contribution is 6.43. The van der Waals surface area contributed by atoms with E-state index in [1.165, 1.54) is 0 Å². The molecule has 0 bridgehead atoms. The van der Waals surface area contributed by atoms with Gasteiger partial charge in [-0.15, -0.1) is 0 Å². The highest BCUT2D eigenvalue weighted by atomic mass is 35.5. The molecule has 0 aromatic heterocycles. The molecule has 6 nitrogen and oxygen atoms in total. The Hall–Kier alpha value is -2.35. The fraction of sp³-hybridized carbons (Fsp3) is 0.364. The highest BCUT2D eigenvalue weighted by Gasteiger charge is 2.30. The van der Waals surface area contributed by atoms with Crippen LogP contribution < -0.4 is 10.6 Å². The zero-order chi connectivity index (χ0) is 22.1. The fourth-order valence-electron chi connectivity index (χ4n) is 3.17. The van der Waals surface area contributed by atoms with Crippen molar-refractivity contribution in [1.82, 2.24) is 10.6 Å². The normalized spacial score (nSPS) is 12.9. The van der Waals surface area contributed by atoms with Crippen LogP contribution in [0.25, 0.3) is 0 Å². The first-order valence-corrected chi connectivity index (χ1v) is 10.4. The predicted molar refractivity (Wildman–Crippen MR) is 119 cm³/mol. The van der Waals surface area contributed by atoms with Crippen LogP contribution in [-0.2, 0) is 22.4 Å². The molecule has 0 fully saturated rings. The number of carbonyl (C=O) groups excluding carboxylic acids is 2. The molecule has 2 aromatic carbocycles. The van der Waals surface area contributed by atoms with Gasteiger partial charge in [0.25, 0.3) is 0 Å². The minimum Gasteiger partial charge on any atom is -0.426 e. The average molecular weight is 431 g/mol. The van der Waals surface area contributed by atoms with E-state index in [1.807, 2.05) is 44.2 Å². The van der Waals surface area contributed by atoms with E-state index in [9.17, 15) is 19.6 Å². The summed E-state index contributed by atoms with van der Waals surface area (Å²) in [6.07, 6.45) is 0.710. The van der Waals surface area contributed by atoms with Gasteiger partial charge >= 0.3 is 7.12 Å². The molecule has 160 valence electrons. The van der Waals surface area contributed by atoms with Crippen molar-refractivity contribution in [2.24, 2.45) is 5.92 Å². The number of halogens is 1. The van der Waals surface area contributed by atoms with E-state index in [0.29, 0.717) is 17.0 Å². The molecule has 2 atom stereocenters. The Morgan fingerprint density at radius 1 is 1.00 bits per heavy atom. The third kappa shape index (κ3) is 7.82. The standard InChI is InChI=1S/C22H28BClN2O4/c1-15(2)12-20(23(29)30)26-22(28)19(13-16-8-4-3-5-9-16)25-21(27)14-17-10-6-7-11-18(17)24/h3-11,15,19-20,29-30H,12-14H2,1-2H3,(H,25,27)(H,26,28)/t19-,20-/m0/s1. The highest BCUT2D eigenvalue weighted by Crippen LogP contribution is 2.15. The fourth-order valence-corrected chi connectivity index (χ4v) is 3.37. The van der Waals surface area contributed by atoms with Gasteiger partial charge in [0, 0.05) is 11.4 Å². The summed E-state index contributed by atoms with van der Waals surface area (Å²) in [5, 5.41) is 25.2. The monoisotopic (exact) mass is 430 g/mol. The molecule has 0 aliphatic heterocycles. The van der Waals surface area contributed by atoms with Crippen molar-refractivity contribution in [2.75, 3.05) is 0 Å². The van der Waals surface area contributed by atoms with Crippen LogP contribution in [0.2, 0.25) is 5.02 Å². The summed E-state index contributed by atoms with van der Waals surface area (Å²) in [4.78, 5) is 25.5. The molecule has 0 saturated carbocycles. The first kappa shape index (κ1) is 23.9. The Morgan fingerprint density at radius 3 is 2.23 bits per heavy atom. The lowest BCUT2D eigenvalue weighted by Crippen LogP contribution is -2.55. The predicted octanol–water partition coefficient (Wildman–Crippen LogP) is 2.15. The first-order valence-electron chi connectivity index (χ1n) is 9.99. The second-order valence-electron chi connectivity index (χ2n) is 7.74. The Balaban J connectivity index is 2.13. The van der Waals surface area contributed by atoms with E-state index >= 15 is 0 Å². The molecule has 2 rings (SSSR count). The van der Waals surface area contributed by atoms with Crippen LogP contribution in [0.3, 0.4) is 0 Å². The molecule has 30 heavy (non-hydrogen) atoms. The van der Waals surface area contributed by atoms with E-state index in [-0.39, 0.29) is 24.7 Å². The zero-order valence-electron chi connectivity index (χ0n) is 17.2. The Morgan fingerprint density at radius 2 is 1.63 bits per heavy atom. The molecule has 0 spiro atoms. The van der Waals surface area contributed by atoms with Gasteiger partial charge in [-0.3, -0.25) is 9.59 Å². The maximum atomic E-state index is 12.9. The lowest BCUT2D eigenvalue weighted by molar-refractivity contribution is -0.129. The van der Waals surface area contributed by atoms with Gasteiger partial charge in [-0.1, -0.05) is 74.0 Å². The van der Waals surface area contributed by atoms with Crippen LogP contribution >= 0.6 is 11.6 Å². The van der Waals surface area contributed by atoms with E-state index in [0.717, 1.165) is 5.56 Å². The SMILES string of the molecule is CC(C)C[C@H](NC(=O)[C@H](Cc1ccccc1)NC(=O)Cc1ccccc1Cl)B(O)O. The van der Waals surface area contributed by atoms with E-state index in [4.69, 9.17) is 11.6 Å². The van der Waals surface area contributed by atoms with Crippen LogP contribution in [0.4, 0.5) is 0 Å². The number of amides is 2. The summed E-state index contributed by atoms with van der Waals surface area (Å²) in [5.74, 6) is -1.48. The van der Waals surface area contributed by atoms with Gasteiger partial charge in [0.2, 0.25) is 11.8 Å². The molecule has 4 N–H and O–H groups in total. The minimum absolute atomic E-state index is 0.0380.